The van der Waals surface area contributed by atoms with Gasteiger partial charge in [-0.1, -0.05) is 13.3 Å². The molecule has 0 N–H and O–H groups in total. The first-order valence-corrected chi connectivity index (χ1v) is 3.17. The molecule has 0 amide bonds. The standard InChI is InChI=1S/C7H12O/c1-6-4-2-3-5-7(6)8/h6H,2-5H2,1H3/t6-/m1/s1/i4D/t4-,6-. The molecule has 1 heteroatoms. The van der Waals surface area contributed by atoms with Crippen molar-refractivity contribution in [2.24, 2.45) is 5.92 Å². The number of ketones is 1. The highest BCUT2D eigenvalue weighted by molar-refractivity contribution is 5.81. The predicted molar refractivity (Wildman–Crippen MR) is 32.6 cm³/mol. The highest BCUT2D eigenvalue weighted by Crippen LogP contribution is 2.18. The highest BCUT2D eigenvalue weighted by atomic mass is 16.1. The number of Topliss-reactive ketones (excluding diaryl/α,β-unsaturated/α-hetero) is 1. The summed E-state index contributed by atoms with van der Waals surface area (Å²) in [5.74, 6) is 0.278. The van der Waals surface area contributed by atoms with Crippen LogP contribution in [0.3, 0.4) is 0 Å². The lowest BCUT2D eigenvalue weighted by atomic mass is 9.90. The molecule has 0 radical (unpaired) electrons. The Kier molecular flexibility index (Phi) is 1.30. The van der Waals surface area contributed by atoms with Gasteiger partial charge in [0, 0.05) is 13.7 Å². The van der Waals surface area contributed by atoms with Crippen LogP contribution in [-0.2, 0) is 4.79 Å². The van der Waals surface area contributed by atoms with Gasteiger partial charge >= 0.3 is 0 Å². The monoisotopic (exact) mass is 113 g/mol. The molecule has 1 nitrogen and oxygen atoms in total. The van der Waals surface area contributed by atoms with Crippen molar-refractivity contribution >= 4 is 5.78 Å². The van der Waals surface area contributed by atoms with E-state index in [1.807, 2.05) is 6.92 Å². The summed E-state index contributed by atoms with van der Waals surface area (Å²) in [6.07, 6.45) is 2.42. The summed E-state index contributed by atoms with van der Waals surface area (Å²) in [5, 5.41) is 0. The molecule has 1 aliphatic carbocycles. The molecule has 46 valence electrons. The second-order valence-electron chi connectivity index (χ2n) is 2.38. The van der Waals surface area contributed by atoms with Crippen LogP contribution in [0, 0.1) is 5.92 Å². The maximum Gasteiger partial charge on any atom is 0.135 e. The van der Waals surface area contributed by atoms with Crippen LogP contribution in [0.25, 0.3) is 0 Å². The van der Waals surface area contributed by atoms with Crippen molar-refractivity contribution in [3.63, 3.8) is 0 Å². The second-order valence-corrected chi connectivity index (χ2v) is 2.38. The van der Waals surface area contributed by atoms with Crippen molar-refractivity contribution in [1.29, 1.82) is 0 Å². The average Bonchev–Trinajstić information content (AvgIpc) is 1.83. The van der Waals surface area contributed by atoms with Crippen LogP contribution in [0.2, 0.25) is 0 Å². The van der Waals surface area contributed by atoms with E-state index in [2.05, 4.69) is 0 Å². The van der Waals surface area contributed by atoms with Crippen LogP contribution in [0.15, 0.2) is 0 Å². The van der Waals surface area contributed by atoms with E-state index >= 15 is 0 Å². The second kappa shape index (κ2) is 2.29. The van der Waals surface area contributed by atoms with Crippen molar-refractivity contribution in [2.75, 3.05) is 0 Å². The van der Waals surface area contributed by atoms with Crippen molar-refractivity contribution < 1.29 is 6.17 Å². The third kappa shape index (κ3) is 1.09. The Morgan fingerprint density at radius 1 is 1.75 bits per heavy atom. The minimum Gasteiger partial charge on any atom is -0.299 e. The Morgan fingerprint density at radius 2 is 2.50 bits per heavy atom. The van der Waals surface area contributed by atoms with E-state index < -0.39 is 0 Å². The fourth-order valence-electron chi connectivity index (χ4n) is 1.00. The minimum absolute atomic E-state index is 0.00116. The van der Waals surface area contributed by atoms with Crippen molar-refractivity contribution in [2.45, 2.75) is 32.6 Å². The number of hydrogen-bond acceptors (Lipinski definition) is 1. The molecule has 1 aliphatic rings. The quantitative estimate of drug-likeness (QED) is 0.468. The van der Waals surface area contributed by atoms with E-state index in [1.54, 1.807) is 0 Å². The number of carbonyl (C=O) groups excluding carboxylic acids is 1. The smallest absolute Gasteiger partial charge is 0.135 e. The van der Waals surface area contributed by atoms with Crippen molar-refractivity contribution in [3.8, 4) is 0 Å². The molecule has 0 spiro atoms. The normalized spacial score (nSPS) is 41.6. The molecule has 0 saturated heterocycles. The molecule has 0 aromatic carbocycles. The zero-order chi connectivity index (χ0) is 6.85. The lowest BCUT2D eigenvalue weighted by molar-refractivity contribution is -0.123. The largest absolute Gasteiger partial charge is 0.299 e. The molecule has 0 aromatic rings. The molecule has 0 bridgehead atoms. The fourth-order valence-corrected chi connectivity index (χ4v) is 1.00. The summed E-state index contributed by atoms with van der Waals surface area (Å²) in [4.78, 5) is 10.9. The first kappa shape index (κ1) is 4.54. The zero-order valence-electron chi connectivity index (χ0n) is 6.18. The Morgan fingerprint density at radius 3 is 3.00 bits per heavy atom. The topological polar surface area (TPSA) is 17.1 Å². The van der Waals surface area contributed by atoms with Gasteiger partial charge in [-0.05, 0) is 12.8 Å². The average molecular weight is 113 g/mol. The Bertz CT molecular complexity index is 122. The predicted octanol–water partition coefficient (Wildman–Crippen LogP) is 1.77. The molecule has 2 atom stereocenters. The van der Waals surface area contributed by atoms with Crippen LogP contribution in [-0.4, -0.2) is 5.78 Å². The molecule has 1 saturated carbocycles. The Balaban J connectivity index is 2.51. The van der Waals surface area contributed by atoms with E-state index in [0.717, 1.165) is 12.8 Å². The van der Waals surface area contributed by atoms with Gasteiger partial charge < -0.3 is 0 Å². The van der Waals surface area contributed by atoms with Crippen LogP contribution >= 0.6 is 0 Å². The van der Waals surface area contributed by atoms with Gasteiger partial charge in [0.25, 0.3) is 0 Å². The zero-order valence-corrected chi connectivity index (χ0v) is 5.18. The molecular weight excluding hydrogens is 100 g/mol. The fraction of sp³-hybridized carbons (Fsp3) is 0.857. The molecule has 0 unspecified atom stereocenters. The van der Waals surface area contributed by atoms with Crippen molar-refractivity contribution in [3.05, 3.63) is 0 Å². The third-order valence-electron chi connectivity index (χ3n) is 1.66. The van der Waals surface area contributed by atoms with E-state index in [1.165, 1.54) is 0 Å². The lowest BCUT2D eigenvalue weighted by Gasteiger charge is -2.14. The van der Waals surface area contributed by atoms with E-state index in [-0.39, 0.29) is 18.1 Å². The summed E-state index contributed by atoms with van der Waals surface area (Å²) < 4.78 is 7.39. The van der Waals surface area contributed by atoms with Gasteiger partial charge in [-0.25, -0.2) is 0 Å². The maximum atomic E-state index is 10.9. The molecule has 1 fully saturated rings. The van der Waals surface area contributed by atoms with E-state index in [9.17, 15) is 4.79 Å². The van der Waals surface area contributed by atoms with Gasteiger partial charge in [-0.2, -0.15) is 0 Å². The number of hydrogen-bond donors (Lipinski definition) is 0. The highest BCUT2D eigenvalue weighted by Gasteiger charge is 2.16. The summed E-state index contributed by atoms with van der Waals surface area (Å²) in [6.45, 7) is 1.86. The first-order chi connectivity index (χ1) is 4.22. The lowest BCUT2D eigenvalue weighted by Crippen LogP contribution is -2.14. The minimum atomic E-state index is -0.119. The van der Waals surface area contributed by atoms with Gasteiger partial charge in [-0.15, -0.1) is 0 Å². The van der Waals surface area contributed by atoms with E-state index in [4.69, 9.17) is 1.37 Å². The van der Waals surface area contributed by atoms with Crippen LogP contribution in [0.4, 0.5) is 0 Å². The van der Waals surface area contributed by atoms with Gasteiger partial charge in [0.05, 0.1) is 0 Å². The van der Waals surface area contributed by atoms with Gasteiger partial charge in [0.2, 0.25) is 0 Å². The molecule has 0 heterocycles. The van der Waals surface area contributed by atoms with Crippen molar-refractivity contribution in [1.82, 2.24) is 0 Å². The first-order valence-electron chi connectivity index (χ1n) is 3.74. The summed E-state index contributed by atoms with van der Waals surface area (Å²) >= 11 is 0. The van der Waals surface area contributed by atoms with Gasteiger partial charge in [0.1, 0.15) is 5.78 Å². The molecule has 1 rings (SSSR count). The molecular formula is C7H12O. The Labute approximate surface area is 51.5 Å². The SMILES string of the molecule is [2H][C@@H]1CCCC(=O)[C@@H]1C. The summed E-state index contributed by atoms with van der Waals surface area (Å²) in [5.41, 5.74) is 0. The van der Waals surface area contributed by atoms with Gasteiger partial charge in [-0.3, -0.25) is 4.79 Å². The van der Waals surface area contributed by atoms with Crippen LogP contribution in [0.5, 0.6) is 0 Å². The van der Waals surface area contributed by atoms with Crippen LogP contribution < -0.4 is 0 Å². The number of rotatable bonds is 0. The molecule has 0 aliphatic heterocycles. The van der Waals surface area contributed by atoms with Crippen LogP contribution in [0.1, 0.15) is 34.0 Å². The Hall–Kier alpha value is -0.330. The summed E-state index contributed by atoms with van der Waals surface area (Å²) in [6, 6.07) is 0. The molecule has 0 aromatic heterocycles. The maximum absolute atomic E-state index is 10.9. The third-order valence-corrected chi connectivity index (χ3v) is 1.66. The van der Waals surface area contributed by atoms with Gasteiger partial charge in [0.15, 0.2) is 0 Å². The number of carbonyl (C=O) groups is 1. The summed E-state index contributed by atoms with van der Waals surface area (Å²) in [7, 11) is 0. The van der Waals surface area contributed by atoms with E-state index in [0.29, 0.717) is 6.42 Å². The molecule has 8 heavy (non-hydrogen) atoms.